The van der Waals surface area contributed by atoms with Crippen molar-refractivity contribution < 1.29 is 19.4 Å². The summed E-state index contributed by atoms with van der Waals surface area (Å²) >= 11 is 0. The molecule has 1 heterocycles. The maximum Gasteiger partial charge on any atom is 0.328 e. The molecule has 2 rings (SSSR count). The number of amides is 1. The van der Waals surface area contributed by atoms with E-state index in [1.165, 1.54) is 4.90 Å². The van der Waals surface area contributed by atoms with Crippen LogP contribution in [0.25, 0.3) is 10.4 Å². The number of azide groups is 1. The van der Waals surface area contributed by atoms with Gasteiger partial charge in [-0.25, -0.2) is 4.79 Å². The Labute approximate surface area is 133 Å². The van der Waals surface area contributed by atoms with Gasteiger partial charge in [-0.3, -0.25) is 4.79 Å². The first kappa shape index (κ1) is 16.8. The van der Waals surface area contributed by atoms with E-state index in [4.69, 9.17) is 10.3 Å². The van der Waals surface area contributed by atoms with Crippen molar-refractivity contribution in [3.63, 3.8) is 0 Å². The topological polar surface area (TPSA) is 116 Å². The molecule has 1 aliphatic heterocycles. The highest BCUT2D eigenvalue weighted by molar-refractivity contribution is 5.85. The van der Waals surface area contributed by atoms with Crippen LogP contribution in [0.5, 0.6) is 0 Å². The number of likely N-dealkylation sites (tertiary alicyclic amines) is 1. The Bertz CT molecular complexity index is 601. The number of ether oxygens (including phenoxy) is 1. The van der Waals surface area contributed by atoms with E-state index in [1.54, 1.807) is 0 Å². The van der Waals surface area contributed by atoms with Crippen LogP contribution < -0.4 is 0 Å². The van der Waals surface area contributed by atoms with Crippen LogP contribution in [0, 0.1) is 5.92 Å². The molecule has 1 saturated heterocycles. The molecule has 0 radical (unpaired) electrons. The summed E-state index contributed by atoms with van der Waals surface area (Å²) in [5, 5.41) is 12.8. The molecular formula is C15H18N4O4. The number of benzene rings is 1. The van der Waals surface area contributed by atoms with Gasteiger partial charge in [0, 0.05) is 24.4 Å². The lowest BCUT2D eigenvalue weighted by Crippen LogP contribution is -2.45. The molecule has 1 N–H and O–H groups in total. The van der Waals surface area contributed by atoms with Crippen LogP contribution >= 0.6 is 0 Å². The van der Waals surface area contributed by atoms with Crippen LogP contribution in [0.4, 0.5) is 0 Å². The fraction of sp³-hybridized carbons (Fsp3) is 0.467. The van der Waals surface area contributed by atoms with E-state index in [2.05, 4.69) is 10.0 Å². The van der Waals surface area contributed by atoms with Gasteiger partial charge in [-0.2, -0.15) is 0 Å². The van der Waals surface area contributed by atoms with Gasteiger partial charge in [0.25, 0.3) is 0 Å². The van der Waals surface area contributed by atoms with Crippen molar-refractivity contribution in [2.24, 2.45) is 11.0 Å². The molecule has 0 spiro atoms. The third kappa shape index (κ3) is 4.70. The Morgan fingerprint density at radius 2 is 2.22 bits per heavy atom. The Balaban J connectivity index is 1.91. The van der Waals surface area contributed by atoms with Crippen LogP contribution in [0.3, 0.4) is 0 Å². The largest absolute Gasteiger partial charge is 0.480 e. The highest BCUT2D eigenvalue weighted by Gasteiger charge is 2.37. The molecule has 0 bridgehead atoms. The molecule has 0 aliphatic carbocycles. The molecule has 122 valence electrons. The molecule has 23 heavy (non-hydrogen) atoms. The molecule has 1 amide bonds. The summed E-state index contributed by atoms with van der Waals surface area (Å²) in [6, 6.07) is 8.37. The average molecular weight is 318 g/mol. The standard InChI is InChI=1S/C15H18N4O4/c16-18-17-7-12-6-14(20)19(8-12)13(15(21)22)10-23-9-11-4-2-1-3-5-11/h1-5,12-13H,6-10H2,(H,21,22)/t12?,13-/m0/s1. The first-order valence-electron chi connectivity index (χ1n) is 7.26. The van der Waals surface area contributed by atoms with Crippen molar-refractivity contribution in [3.05, 3.63) is 46.3 Å². The SMILES string of the molecule is [N-]=[N+]=NCC1CC(=O)N([C@@H](COCc2ccccc2)C(=O)O)C1. The van der Waals surface area contributed by atoms with Gasteiger partial charge in [0.1, 0.15) is 0 Å². The zero-order valence-electron chi connectivity index (χ0n) is 12.5. The second-order valence-corrected chi connectivity index (χ2v) is 5.38. The molecule has 1 aromatic carbocycles. The lowest BCUT2D eigenvalue weighted by molar-refractivity contribution is -0.151. The number of carbonyl (C=O) groups excluding carboxylic acids is 1. The van der Waals surface area contributed by atoms with E-state index in [0.29, 0.717) is 0 Å². The smallest absolute Gasteiger partial charge is 0.328 e. The number of carboxylic acid groups (broad SMARTS) is 1. The van der Waals surface area contributed by atoms with Crippen LogP contribution in [-0.2, 0) is 20.9 Å². The second-order valence-electron chi connectivity index (χ2n) is 5.38. The summed E-state index contributed by atoms with van der Waals surface area (Å²) in [6.45, 7) is 0.665. The monoisotopic (exact) mass is 318 g/mol. The van der Waals surface area contributed by atoms with Gasteiger partial charge in [0.15, 0.2) is 6.04 Å². The molecule has 1 aromatic rings. The highest BCUT2D eigenvalue weighted by atomic mass is 16.5. The van der Waals surface area contributed by atoms with Gasteiger partial charge in [-0.1, -0.05) is 35.4 Å². The van der Waals surface area contributed by atoms with E-state index in [0.717, 1.165) is 5.56 Å². The number of hydrogen-bond donors (Lipinski definition) is 1. The third-order valence-corrected chi connectivity index (χ3v) is 3.69. The number of nitrogens with zero attached hydrogens (tertiary/aromatic N) is 4. The third-order valence-electron chi connectivity index (χ3n) is 3.69. The van der Waals surface area contributed by atoms with Crippen LogP contribution in [0.2, 0.25) is 0 Å². The minimum Gasteiger partial charge on any atom is -0.480 e. The van der Waals surface area contributed by atoms with Gasteiger partial charge in [0.05, 0.1) is 13.2 Å². The molecule has 2 atom stereocenters. The summed E-state index contributed by atoms with van der Waals surface area (Å²) in [6.07, 6.45) is 0.196. The number of aliphatic carboxylic acids is 1. The molecule has 1 aliphatic rings. The normalized spacial score (nSPS) is 18.5. The quantitative estimate of drug-likeness (QED) is 0.447. The molecule has 8 nitrogen and oxygen atoms in total. The summed E-state index contributed by atoms with van der Waals surface area (Å²) in [5.74, 6) is -1.50. The summed E-state index contributed by atoms with van der Waals surface area (Å²) in [7, 11) is 0. The predicted octanol–water partition coefficient (Wildman–Crippen LogP) is 1.82. The van der Waals surface area contributed by atoms with Gasteiger partial charge < -0.3 is 14.7 Å². The van der Waals surface area contributed by atoms with Gasteiger partial charge >= 0.3 is 5.97 Å². The predicted molar refractivity (Wildman–Crippen MR) is 81.4 cm³/mol. The second kappa shape index (κ2) is 8.17. The Kier molecular flexibility index (Phi) is 5.96. The zero-order chi connectivity index (χ0) is 16.7. The average Bonchev–Trinajstić information content (AvgIpc) is 2.91. The summed E-state index contributed by atoms with van der Waals surface area (Å²) in [5.41, 5.74) is 9.26. The van der Waals surface area contributed by atoms with Crippen LogP contribution in [0.15, 0.2) is 35.4 Å². The fourth-order valence-corrected chi connectivity index (χ4v) is 2.54. The molecule has 0 saturated carbocycles. The van der Waals surface area contributed by atoms with Gasteiger partial charge in [-0.05, 0) is 17.0 Å². The Morgan fingerprint density at radius 1 is 1.48 bits per heavy atom. The molecule has 8 heteroatoms. The number of carbonyl (C=O) groups is 2. The van der Waals surface area contributed by atoms with Gasteiger partial charge in [0.2, 0.25) is 5.91 Å². The van der Waals surface area contributed by atoms with E-state index in [1.807, 2.05) is 30.3 Å². The van der Waals surface area contributed by atoms with E-state index < -0.39 is 12.0 Å². The van der Waals surface area contributed by atoms with Crippen molar-refractivity contribution in [2.45, 2.75) is 19.1 Å². The lowest BCUT2D eigenvalue weighted by atomic mass is 10.1. The van der Waals surface area contributed by atoms with E-state index in [9.17, 15) is 14.7 Å². The minimum absolute atomic E-state index is 0.0792. The minimum atomic E-state index is -1.10. The summed E-state index contributed by atoms with van der Waals surface area (Å²) in [4.78, 5) is 27.4. The van der Waals surface area contributed by atoms with Crippen molar-refractivity contribution in [1.29, 1.82) is 0 Å². The highest BCUT2D eigenvalue weighted by Crippen LogP contribution is 2.21. The molecule has 0 aromatic heterocycles. The van der Waals surface area contributed by atoms with Crippen molar-refractivity contribution in [2.75, 3.05) is 19.7 Å². The molecule has 1 fully saturated rings. The fourth-order valence-electron chi connectivity index (χ4n) is 2.54. The Hall–Kier alpha value is -2.57. The lowest BCUT2D eigenvalue weighted by Gasteiger charge is -2.24. The first-order valence-corrected chi connectivity index (χ1v) is 7.26. The van der Waals surface area contributed by atoms with Crippen LogP contribution in [-0.4, -0.2) is 47.6 Å². The maximum atomic E-state index is 12.0. The van der Waals surface area contributed by atoms with Crippen LogP contribution in [0.1, 0.15) is 12.0 Å². The van der Waals surface area contributed by atoms with Crippen molar-refractivity contribution >= 4 is 11.9 Å². The summed E-state index contributed by atoms with van der Waals surface area (Å²) < 4.78 is 5.46. The van der Waals surface area contributed by atoms with Gasteiger partial charge in [-0.15, -0.1) is 0 Å². The number of carboxylic acids is 1. The zero-order valence-corrected chi connectivity index (χ0v) is 12.5. The number of hydrogen-bond acceptors (Lipinski definition) is 4. The Morgan fingerprint density at radius 3 is 2.87 bits per heavy atom. The van der Waals surface area contributed by atoms with Crippen molar-refractivity contribution in [1.82, 2.24) is 4.90 Å². The maximum absolute atomic E-state index is 12.0. The van der Waals surface area contributed by atoms with Crippen molar-refractivity contribution in [3.8, 4) is 0 Å². The molecule has 1 unspecified atom stereocenters. The van der Waals surface area contributed by atoms with E-state index in [-0.39, 0.29) is 44.5 Å². The number of rotatable bonds is 8. The first-order chi connectivity index (χ1) is 11.1. The molecular weight excluding hydrogens is 300 g/mol. The van der Waals surface area contributed by atoms with E-state index >= 15 is 0 Å².